The third-order valence-corrected chi connectivity index (χ3v) is 3.75. The molecule has 1 heterocycles. The molecular weight excluding hydrogens is 286 g/mol. The minimum absolute atomic E-state index is 0.0517. The molecule has 1 aromatic carbocycles. The molecule has 0 atom stereocenters. The van der Waals surface area contributed by atoms with E-state index in [0.717, 1.165) is 29.9 Å². The van der Waals surface area contributed by atoms with E-state index in [1.807, 2.05) is 33.2 Å². The quantitative estimate of drug-likeness (QED) is 0.834. The fourth-order valence-corrected chi connectivity index (χ4v) is 2.38. The molecule has 4 heteroatoms. The topological polar surface area (TPSA) is 45.2 Å². The lowest BCUT2D eigenvalue weighted by atomic mass is 10.1. The summed E-state index contributed by atoms with van der Waals surface area (Å²) in [5, 5.41) is 2.96. The SMILES string of the molecule is Cc1ccc(-c2ccc(C(=O)NCCCN(C)C)c(C)n2)cc1. The molecule has 0 radical (unpaired) electrons. The summed E-state index contributed by atoms with van der Waals surface area (Å²) in [6.45, 7) is 5.58. The fourth-order valence-electron chi connectivity index (χ4n) is 2.38. The summed E-state index contributed by atoms with van der Waals surface area (Å²) < 4.78 is 0. The number of carbonyl (C=O) groups is 1. The Kier molecular flexibility index (Phi) is 5.88. The van der Waals surface area contributed by atoms with Gasteiger partial charge < -0.3 is 10.2 Å². The summed E-state index contributed by atoms with van der Waals surface area (Å²) in [7, 11) is 4.05. The molecule has 0 saturated heterocycles. The van der Waals surface area contributed by atoms with Gasteiger partial charge in [-0.3, -0.25) is 9.78 Å². The molecule has 0 fully saturated rings. The summed E-state index contributed by atoms with van der Waals surface area (Å²) >= 11 is 0. The van der Waals surface area contributed by atoms with Gasteiger partial charge >= 0.3 is 0 Å². The monoisotopic (exact) mass is 311 g/mol. The van der Waals surface area contributed by atoms with E-state index in [1.54, 1.807) is 0 Å². The van der Waals surface area contributed by atoms with E-state index in [2.05, 4.69) is 46.4 Å². The van der Waals surface area contributed by atoms with Crippen LogP contribution in [0.15, 0.2) is 36.4 Å². The summed E-state index contributed by atoms with van der Waals surface area (Å²) in [4.78, 5) is 18.9. The molecule has 1 aromatic heterocycles. The first-order valence-corrected chi connectivity index (χ1v) is 7.95. The van der Waals surface area contributed by atoms with E-state index in [-0.39, 0.29) is 5.91 Å². The van der Waals surface area contributed by atoms with Crippen LogP contribution in [0.25, 0.3) is 11.3 Å². The third-order valence-electron chi connectivity index (χ3n) is 3.75. The number of pyridine rings is 1. The number of aryl methyl sites for hydroxylation is 2. The van der Waals surface area contributed by atoms with E-state index in [4.69, 9.17) is 0 Å². The van der Waals surface area contributed by atoms with Gasteiger partial charge in [0.05, 0.1) is 17.0 Å². The van der Waals surface area contributed by atoms with Gasteiger partial charge in [0.1, 0.15) is 0 Å². The van der Waals surface area contributed by atoms with Crippen LogP contribution in [0.1, 0.15) is 28.0 Å². The van der Waals surface area contributed by atoms with Gasteiger partial charge in [-0.25, -0.2) is 0 Å². The van der Waals surface area contributed by atoms with Crippen LogP contribution in [0.5, 0.6) is 0 Å². The third kappa shape index (κ3) is 4.89. The van der Waals surface area contributed by atoms with Crippen molar-refractivity contribution >= 4 is 5.91 Å². The highest BCUT2D eigenvalue weighted by atomic mass is 16.1. The van der Waals surface area contributed by atoms with Gasteiger partial charge in [0.2, 0.25) is 0 Å². The van der Waals surface area contributed by atoms with Crippen molar-refractivity contribution in [2.75, 3.05) is 27.2 Å². The standard InChI is InChI=1S/C19H25N3O/c1-14-6-8-16(9-7-14)18-11-10-17(15(2)21-18)19(23)20-12-5-13-22(3)4/h6-11H,5,12-13H2,1-4H3,(H,20,23). The summed E-state index contributed by atoms with van der Waals surface area (Å²) in [6, 6.07) is 12.0. The zero-order valence-corrected chi connectivity index (χ0v) is 14.4. The summed E-state index contributed by atoms with van der Waals surface area (Å²) in [5.74, 6) is -0.0517. The van der Waals surface area contributed by atoms with Crippen LogP contribution in [0, 0.1) is 13.8 Å². The van der Waals surface area contributed by atoms with Crippen molar-refractivity contribution in [2.24, 2.45) is 0 Å². The molecule has 2 aromatic rings. The lowest BCUT2D eigenvalue weighted by Crippen LogP contribution is -2.27. The number of carbonyl (C=O) groups excluding carboxylic acids is 1. The molecule has 0 unspecified atom stereocenters. The van der Waals surface area contributed by atoms with Gasteiger partial charge in [-0.1, -0.05) is 29.8 Å². The number of rotatable bonds is 6. The first-order valence-electron chi connectivity index (χ1n) is 7.95. The average molecular weight is 311 g/mol. The first kappa shape index (κ1) is 17.2. The summed E-state index contributed by atoms with van der Waals surface area (Å²) in [6.07, 6.45) is 0.937. The van der Waals surface area contributed by atoms with Crippen molar-refractivity contribution in [3.8, 4) is 11.3 Å². The Labute approximate surface area is 138 Å². The van der Waals surface area contributed by atoms with Crippen molar-refractivity contribution in [1.82, 2.24) is 15.2 Å². The van der Waals surface area contributed by atoms with Crippen molar-refractivity contribution < 1.29 is 4.79 Å². The smallest absolute Gasteiger partial charge is 0.253 e. The lowest BCUT2D eigenvalue weighted by molar-refractivity contribution is 0.0951. The lowest BCUT2D eigenvalue weighted by Gasteiger charge is -2.11. The Morgan fingerprint density at radius 3 is 2.39 bits per heavy atom. The Morgan fingerprint density at radius 1 is 1.09 bits per heavy atom. The second kappa shape index (κ2) is 7.88. The Bertz CT molecular complexity index is 663. The van der Waals surface area contributed by atoms with E-state index in [1.165, 1.54) is 5.56 Å². The number of aromatic nitrogens is 1. The molecule has 0 bridgehead atoms. The number of nitrogens with one attached hydrogen (secondary N) is 1. The van der Waals surface area contributed by atoms with Crippen molar-refractivity contribution in [2.45, 2.75) is 20.3 Å². The highest BCUT2D eigenvalue weighted by Crippen LogP contribution is 2.19. The summed E-state index contributed by atoms with van der Waals surface area (Å²) in [5.41, 5.74) is 4.58. The largest absolute Gasteiger partial charge is 0.352 e. The molecule has 1 N–H and O–H groups in total. The van der Waals surface area contributed by atoms with E-state index in [9.17, 15) is 4.79 Å². The maximum atomic E-state index is 12.2. The number of amides is 1. The average Bonchev–Trinajstić information content (AvgIpc) is 2.51. The van der Waals surface area contributed by atoms with Gasteiger partial charge in [-0.15, -0.1) is 0 Å². The zero-order chi connectivity index (χ0) is 16.8. The minimum atomic E-state index is -0.0517. The second-order valence-corrected chi connectivity index (χ2v) is 6.11. The highest BCUT2D eigenvalue weighted by molar-refractivity contribution is 5.95. The van der Waals surface area contributed by atoms with Crippen LogP contribution in [0.2, 0.25) is 0 Å². The number of hydrogen-bond acceptors (Lipinski definition) is 3. The Balaban J connectivity index is 2.04. The fraction of sp³-hybridized carbons (Fsp3) is 0.368. The van der Waals surface area contributed by atoms with Crippen LogP contribution in [-0.2, 0) is 0 Å². The normalized spacial score (nSPS) is 10.8. The molecule has 23 heavy (non-hydrogen) atoms. The molecule has 1 amide bonds. The number of benzene rings is 1. The van der Waals surface area contributed by atoms with Crippen LogP contribution in [0.4, 0.5) is 0 Å². The molecule has 4 nitrogen and oxygen atoms in total. The molecule has 0 saturated carbocycles. The van der Waals surface area contributed by atoms with E-state index < -0.39 is 0 Å². The highest BCUT2D eigenvalue weighted by Gasteiger charge is 2.11. The molecular formula is C19H25N3O. The van der Waals surface area contributed by atoms with Gasteiger partial charge in [-0.2, -0.15) is 0 Å². The molecule has 0 spiro atoms. The Hall–Kier alpha value is -2.20. The maximum Gasteiger partial charge on any atom is 0.253 e. The second-order valence-electron chi connectivity index (χ2n) is 6.11. The van der Waals surface area contributed by atoms with Crippen molar-refractivity contribution in [1.29, 1.82) is 0 Å². The van der Waals surface area contributed by atoms with Gasteiger partial charge in [-0.05, 0) is 53.0 Å². The van der Waals surface area contributed by atoms with Crippen LogP contribution < -0.4 is 5.32 Å². The molecule has 0 aliphatic rings. The Morgan fingerprint density at radius 2 is 1.78 bits per heavy atom. The molecule has 0 aliphatic carbocycles. The predicted octanol–water partition coefficient (Wildman–Crippen LogP) is 3.05. The number of hydrogen-bond donors (Lipinski definition) is 1. The van der Waals surface area contributed by atoms with Crippen LogP contribution in [-0.4, -0.2) is 43.0 Å². The maximum absolute atomic E-state index is 12.2. The molecule has 0 aliphatic heterocycles. The van der Waals surface area contributed by atoms with Gasteiger partial charge in [0, 0.05) is 12.1 Å². The van der Waals surface area contributed by atoms with Crippen LogP contribution >= 0.6 is 0 Å². The minimum Gasteiger partial charge on any atom is -0.352 e. The zero-order valence-electron chi connectivity index (χ0n) is 14.4. The van der Waals surface area contributed by atoms with Gasteiger partial charge in [0.15, 0.2) is 0 Å². The van der Waals surface area contributed by atoms with Crippen molar-refractivity contribution in [3.05, 3.63) is 53.2 Å². The molecule has 2 rings (SSSR count). The van der Waals surface area contributed by atoms with E-state index >= 15 is 0 Å². The predicted molar refractivity (Wildman–Crippen MR) is 94.7 cm³/mol. The molecule has 122 valence electrons. The first-order chi connectivity index (χ1) is 11.0. The van der Waals surface area contributed by atoms with Gasteiger partial charge in [0.25, 0.3) is 5.91 Å². The van der Waals surface area contributed by atoms with Crippen LogP contribution in [0.3, 0.4) is 0 Å². The number of nitrogens with zero attached hydrogens (tertiary/aromatic N) is 2. The van der Waals surface area contributed by atoms with Crippen molar-refractivity contribution in [3.63, 3.8) is 0 Å². The van der Waals surface area contributed by atoms with E-state index in [0.29, 0.717) is 12.1 Å².